The number of aromatic nitrogens is 1. The van der Waals surface area contributed by atoms with Crippen LogP contribution < -0.4 is 10.7 Å². The number of nitrogens with one attached hydrogen (secondary N) is 1. The summed E-state index contributed by atoms with van der Waals surface area (Å²) < 4.78 is 1.75. The summed E-state index contributed by atoms with van der Waals surface area (Å²) in [6.07, 6.45) is 4.47. The smallest absolute Gasteiger partial charge is 0.259 e. The molecule has 3 aromatic rings. The molecule has 1 heterocycles. The topological polar surface area (TPSA) is 71.4 Å². The number of nitrogens with zero attached hydrogens (tertiary/aromatic N) is 2. The third-order valence-electron chi connectivity index (χ3n) is 5.21. The van der Waals surface area contributed by atoms with E-state index in [1.807, 2.05) is 60.7 Å². The number of carbonyl (C=O) groups excluding carboxylic acids is 2. The molecule has 0 fully saturated rings. The molecule has 0 radical (unpaired) electrons. The fourth-order valence-electron chi connectivity index (χ4n) is 3.36. The van der Waals surface area contributed by atoms with Crippen molar-refractivity contribution < 1.29 is 9.59 Å². The van der Waals surface area contributed by atoms with Gasteiger partial charge < -0.3 is 14.8 Å². The van der Waals surface area contributed by atoms with Crippen molar-refractivity contribution in [1.82, 2.24) is 14.8 Å². The highest BCUT2D eigenvalue weighted by atomic mass is 16.2. The molecule has 1 aromatic heterocycles. The van der Waals surface area contributed by atoms with Gasteiger partial charge in [-0.1, -0.05) is 60.7 Å². The average molecular weight is 418 g/mol. The number of amides is 2. The standard InChI is InChI=1S/C25H27N3O3/c1-26-24(30)21-17-28(16-14-20-11-7-4-8-12-20)18-22(23(21)29)25(31)27(2)15-13-19-9-5-3-6-10-19/h3-12,17-18H,13-16H2,1-2H3,(H,26,30). The van der Waals surface area contributed by atoms with Crippen LogP contribution in [0.25, 0.3) is 0 Å². The van der Waals surface area contributed by atoms with Gasteiger partial charge in [0.05, 0.1) is 0 Å². The highest BCUT2D eigenvalue weighted by Crippen LogP contribution is 2.08. The van der Waals surface area contributed by atoms with Crippen molar-refractivity contribution in [3.8, 4) is 0 Å². The molecular formula is C25H27N3O3. The molecule has 1 N–H and O–H groups in total. The monoisotopic (exact) mass is 417 g/mol. The maximum atomic E-state index is 13.1. The van der Waals surface area contributed by atoms with E-state index in [2.05, 4.69) is 5.32 Å². The van der Waals surface area contributed by atoms with Crippen molar-refractivity contribution in [1.29, 1.82) is 0 Å². The Morgan fingerprint density at radius 3 is 2.00 bits per heavy atom. The summed E-state index contributed by atoms with van der Waals surface area (Å²) in [5.74, 6) is -0.889. The Labute approximate surface area is 182 Å². The number of rotatable bonds is 8. The van der Waals surface area contributed by atoms with E-state index in [-0.39, 0.29) is 17.0 Å². The molecule has 0 aliphatic rings. The van der Waals surface area contributed by atoms with Gasteiger partial charge in [-0.05, 0) is 24.0 Å². The maximum absolute atomic E-state index is 13.1. The van der Waals surface area contributed by atoms with Gasteiger partial charge in [-0.25, -0.2) is 0 Å². The van der Waals surface area contributed by atoms with Crippen molar-refractivity contribution >= 4 is 11.8 Å². The Balaban J connectivity index is 1.83. The van der Waals surface area contributed by atoms with Gasteiger partial charge in [-0.2, -0.15) is 0 Å². The lowest BCUT2D eigenvalue weighted by atomic mass is 10.1. The first-order valence-electron chi connectivity index (χ1n) is 10.3. The van der Waals surface area contributed by atoms with Crippen molar-refractivity contribution in [2.75, 3.05) is 20.6 Å². The fraction of sp³-hybridized carbons (Fsp3) is 0.240. The number of aryl methyl sites for hydroxylation is 2. The zero-order valence-electron chi connectivity index (χ0n) is 17.9. The first kappa shape index (κ1) is 22.0. The third-order valence-corrected chi connectivity index (χ3v) is 5.21. The van der Waals surface area contributed by atoms with E-state index in [4.69, 9.17) is 0 Å². The van der Waals surface area contributed by atoms with Crippen LogP contribution in [0.1, 0.15) is 31.8 Å². The largest absolute Gasteiger partial charge is 0.355 e. The molecule has 0 bridgehead atoms. The van der Waals surface area contributed by atoms with Crippen LogP contribution in [0.5, 0.6) is 0 Å². The van der Waals surface area contributed by atoms with Gasteiger partial charge in [-0.15, -0.1) is 0 Å². The number of benzene rings is 2. The predicted molar refractivity (Wildman–Crippen MR) is 121 cm³/mol. The molecule has 2 amide bonds. The summed E-state index contributed by atoms with van der Waals surface area (Å²) >= 11 is 0. The van der Waals surface area contributed by atoms with Gasteiger partial charge in [0.25, 0.3) is 11.8 Å². The van der Waals surface area contributed by atoms with E-state index in [0.29, 0.717) is 25.9 Å². The quantitative estimate of drug-likeness (QED) is 0.613. The Hall–Kier alpha value is -3.67. The zero-order chi connectivity index (χ0) is 22.2. The normalized spacial score (nSPS) is 10.5. The predicted octanol–water partition coefficient (Wildman–Crippen LogP) is 2.77. The minimum Gasteiger partial charge on any atom is -0.355 e. The Morgan fingerprint density at radius 1 is 0.871 bits per heavy atom. The first-order chi connectivity index (χ1) is 15.0. The van der Waals surface area contributed by atoms with Crippen LogP contribution in [0.4, 0.5) is 0 Å². The molecule has 0 saturated carbocycles. The molecule has 3 rings (SSSR count). The highest BCUT2D eigenvalue weighted by molar-refractivity contribution is 5.98. The lowest BCUT2D eigenvalue weighted by Crippen LogP contribution is -2.36. The molecule has 6 nitrogen and oxygen atoms in total. The summed E-state index contributed by atoms with van der Waals surface area (Å²) in [4.78, 5) is 39.7. The summed E-state index contributed by atoms with van der Waals surface area (Å²) in [7, 11) is 3.14. The second-order valence-corrected chi connectivity index (χ2v) is 7.43. The van der Waals surface area contributed by atoms with Gasteiger partial charge in [0.15, 0.2) is 0 Å². The van der Waals surface area contributed by atoms with Gasteiger partial charge in [-0.3, -0.25) is 14.4 Å². The van der Waals surface area contributed by atoms with Crippen LogP contribution in [0.15, 0.2) is 77.9 Å². The van der Waals surface area contributed by atoms with Gasteiger partial charge in [0.2, 0.25) is 5.43 Å². The van der Waals surface area contributed by atoms with Crippen LogP contribution in [0.3, 0.4) is 0 Å². The number of carbonyl (C=O) groups is 2. The number of pyridine rings is 1. The van der Waals surface area contributed by atoms with Crippen molar-refractivity contribution in [3.05, 3.63) is 106 Å². The van der Waals surface area contributed by atoms with E-state index in [1.165, 1.54) is 18.1 Å². The molecule has 0 saturated heterocycles. The molecule has 31 heavy (non-hydrogen) atoms. The van der Waals surface area contributed by atoms with Crippen molar-refractivity contribution in [2.45, 2.75) is 19.4 Å². The number of hydrogen-bond acceptors (Lipinski definition) is 3. The lowest BCUT2D eigenvalue weighted by Gasteiger charge is -2.18. The van der Waals surface area contributed by atoms with Gasteiger partial charge in [0.1, 0.15) is 11.1 Å². The number of likely N-dealkylation sites (N-methyl/N-ethyl adjacent to an activating group) is 1. The molecule has 0 spiro atoms. The second-order valence-electron chi connectivity index (χ2n) is 7.43. The summed E-state index contributed by atoms with van der Waals surface area (Å²) in [6.45, 7) is 1.01. The lowest BCUT2D eigenvalue weighted by molar-refractivity contribution is 0.0794. The van der Waals surface area contributed by atoms with E-state index >= 15 is 0 Å². The van der Waals surface area contributed by atoms with E-state index in [0.717, 1.165) is 11.1 Å². The Bertz CT molecular complexity index is 1090. The fourth-order valence-corrected chi connectivity index (χ4v) is 3.36. The van der Waals surface area contributed by atoms with E-state index in [1.54, 1.807) is 17.8 Å². The second kappa shape index (κ2) is 10.4. The van der Waals surface area contributed by atoms with Gasteiger partial charge >= 0.3 is 0 Å². The minimum atomic E-state index is -0.549. The molecular weight excluding hydrogens is 390 g/mol. The van der Waals surface area contributed by atoms with Crippen LogP contribution in [-0.4, -0.2) is 41.9 Å². The average Bonchev–Trinajstić information content (AvgIpc) is 2.82. The maximum Gasteiger partial charge on any atom is 0.259 e. The van der Waals surface area contributed by atoms with Crippen molar-refractivity contribution in [3.63, 3.8) is 0 Å². The molecule has 2 aromatic carbocycles. The zero-order valence-corrected chi connectivity index (χ0v) is 17.9. The van der Waals surface area contributed by atoms with Crippen LogP contribution in [0.2, 0.25) is 0 Å². The Kier molecular flexibility index (Phi) is 7.38. The molecule has 0 aliphatic heterocycles. The molecule has 6 heteroatoms. The van der Waals surface area contributed by atoms with Crippen LogP contribution in [0, 0.1) is 0 Å². The van der Waals surface area contributed by atoms with E-state index < -0.39 is 11.3 Å². The number of hydrogen-bond donors (Lipinski definition) is 1. The minimum absolute atomic E-state index is 0.00437. The summed E-state index contributed by atoms with van der Waals surface area (Å²) in [5.41, 5.74) is 1.67. The first-order valence-corrected chi connectivity index (χ1v) is 10.3. The summed E-state index contributed by atoms with van der Waals surface area (Å²) in [5, 5.41) is 2.49. The molecule has 160 valence electrons. The van der Waals surface area contributed by atoms with Gasteiger partial charge in [0, 0.05) is 39.6 Å². The Morgan fingerprint density at radius 2 is 1.42 bits per heavy atom. The highest BCUT2D eigenvalue weighted by Gasteiger charge is 2.21. The van der Waals surface area contributed by atoms with Crippen LogP contribution in [-0.2, 0) is 19.4 Å². The van der Waals surface area contributed by atoms with Crippen molar-refractivity contribution in [2.24, 2.45) is 0 Å². The third kappa shape index (κ3) is 5.69. The van der Waals surface area contributed by atoms with Crippen LogP contribution >= 0.6 is 0 Å². The van der Waals surface area contributed by atoms with E-state index in [9.17, 15) is 14.4 Å². The summed E-state index contributed by atoms with van der Waals surface area (Å²) in [6, 6.07) is 19.8. The molecule has 0 aliphatic carbocycles. The molecule has 0 unspecified atom stereocenters. The SMILES string of the molecule is CNC(=O)c1cn(CCc2ccccc2)cc(C(=O)N(C)CCc2ccccc2)c1=O. The molecule has 0 atom stereocenters.